The van der Waals surface area contributed by atoms with E-state index < -0.39 is 0 Å². The van der Waals surface area contributed by atoms with Gasteiger partial charge in [0.25, 0.3) is 0 Å². The second-order valence-electron chi connectivity index (χ2n) is 6.52. The van der Waals surface area contributed by atoms with Gasteiger partial charge in [-0.15, -0.1) is 0 Å². The van der Waals surface area contributed by atoms with Crippen molar-refractivity contribution in [2.75, 3.05) is 26.2 Å². The summed E-state index contributed by atoms with van der Waals surface area (Å²) in [5.74, 6) is 2.02. The maximum atomic E-state index is 3.71. The lowest BCUT2D eigenvalue weighted by atomic mass is 9.87. The van der Waals surface area contributed by atoms with E-state index in [0.29, 0.717) is 0 Å². The van der Waals surface area contributed by atoms with Crippen LogP contribution in [0, 0.1) is 11.8 Å². The molecular formula is C15H28N2. The van der Waals surface area contributed by atoms with Gasteiger partial charge in [-0.25, -0.2) is 0 Å². The van der Waals surface area contributed by atoms with Crippen LogP contribution < -0.4 is 5.32 Å². The molecule has 2 saturated heterocycles. The lowest BCUT2D eigenvalue weighted by Gasteiger charge is -2.25. The monoisotopic (exact) mass is 236 g/mol. The SMILES string of the molecule is C1CCC(CCN2CC3CCCNC3C2)CC1. The van der Waals surface area contributed by atoms with Crippen LogP contribution in [0.4, 0.5) is 0 Å². The van der Waals surface area contributed by atoms with Gasteiger partial charge in [0.1, 0.15) is 0 Å². The molecule has 2 aliphatic heterocycles. The van der Waals surface area contributed by atoms with E-state index in [2.05, 4.69) is 10.2 Å². The second kappa shape index (κ2) is 5.71. The molecule has 1 N–H and O–H groups in total. The summed E-state index contributed by atoms with van der Waals surface area (Å²) >= 11 is 0. The van der Waals surface area contributed by atoms with E-state index in [1.807, 2.05) is 0 Å². The van der Waals surface area contributed by atoms with Crippen molar-refractivity contribution in [2.24, 2.45) is 11.8 Å². The van der Waals surface area contributed by atoms with Crippen LogP contribution in [0.1, 0.15) is 51.4 Å². The van der Waals surface area contributed by atoms with E-state index in [9.17, 15) is 0 Å². The fourth-order valence-electron chi connectivity index (χ4n) is 4.16. The molecular weight excluding hydrogens is 208 g/mol. The quantitative estimate of drug-likeness (QED) is 0.810. The predicted molar refractivity (Wildman–Crippen MR) is 72.1 cm³/mol. The molecule has 0 spiro atoms. The first kappa shape index (κ1) is 12.0. The van der Waals surface area contributed by atoms with Crippen molar-refractivity contribution in [3.63, 3.8) is 0 Å². The lowest BCUT2D eigenvalue weighted by Crippen LogP contribution is -2.40. The maximum absolute atomic E-state index is 3.71. The lowest BCUT2D eigenvalue weighted by molar-refractivity contribution is 0.258. The van der Waals surface area contributed by atoms with E-state index in [0.717, 1.165) is 17.9 Å². The molecule has 17 heavy (non-hydrogen) atoms. The summed E-state index contributed by atoms with van der Waals surface area (Å²) in [4.78, 5) is 2.74. The average molecular weight is 236 g/mol. The van der Waals surface area contributed by atoms with Crippen molar-refractivity contribution in [1.82, 2.24) is 10.2 Å². The highest BCUT2D eigenvalue weighted by atomic mass is 15.2. The van der Waals surface area contributed by atoms with Gasteiger partial charge in [0.05, 0.1) is 0 Å². The number of nitrogens with zero attached hydrogens (tertiary/aromatic N) is 1. The van der Waals surface area contributed by atoms with E-state index >= 15 is 0 Å². The van der Waals surface area contributed by atoms with Crippen molar-refractivity contribution in [3.05, 3.63) is 0 Å². The Labute approximate surface area is 106 Å². The Morgan fingerprint density at radius 3 is 2.65 bits per heavy atom. The molecule has 3 rings (SSSR count). The first-order valence-electron chi connectivity index (χ1n) is 7.87. The topological polar surface area (TPSA) is 15.3 Å². The third-order valence-corrected chi connectivity index (χ3v) is 5.25. The maximum Gasteiger partial charge on any atom is 0.0235 e. The third-order valence-electron chi connectivity index (χ3n) is 5.25. The van der Waals surface area contributed by atoms with Crippen LogP contribution >= 0.6 is 0 Å². The van der Waals surface area contributed by atoms with Crippen LogP contribution in [-0.4, -0.2) is 37.1 Å². The largest absolute Gasteiger partial charge is 0.312 e. The molecule has 98 valence electrons. The molecule has 2 atom stereocenters. The number of piperidine rings is 1. The minimum Gasteiger partial charge on any atom is -0.312 e. The first-order valence-corrected chi connectivity index (χ1v) is 7.87. The highest BCUT2D eigenvalue weighted by molar-refractivity contribution is 4.91. The van der Waals surface area contributed by atoms with Crippen LogP contribution in [0.5, 0.6) is 0 Å². The molecule has 0 bridgehead atoms. The van der Waals surface area contributed by atoms with Crippen LogP contribution in [-0.2, 0) is 0 Å². The summed E-state index contributed by atoms with van der Waals surface area (Å²) in [6.45, 7) is 5.35. The predicted octanol–water partition coefficient (Wildman–Crippen LogP) is 2.64. The van der Waals surface area contributed by atoms with Gasteiger partial charge in [-0.1, -0.05) is 32.1 Å². The second-order valence-corrected chi connectivity index (χ2v) is 6.52. The van der Waals surface area contributed by atoms with Crippen molar-refractivity contribution < 1.29 is 0 Å². The van der Waals surface area contributed by atoms with Gasteiger partial charge in [0.15, 0.2) is 0 Å². The Balaban J connectivity index is 1.40. The van der Waals surface area contributed by atoms with Crippen LogP contribution in [0.25, 0.3) is 0 Å². The van der Waals surface area contributed by atoms with Crippen LogP contribution in [0.15, 0.2) is 0 Å². The van der Waals surface area contributed by atoms with Crippen molar-refractivity contribution in [3.8, 4) is 0 Å². The fourth-order valence-corrected chi connectivity index (χ4v) is 4.16. The molecule has 2 heteroatoms. The molecule has 2 nitrogen and oxygen atoms in total. The van der Waals surface area contributed by atoms with Crippen LogP contribution in [0.3, 0.4) is 0 Å². The molecule has 3 aliphatic rings. The highest BCUT2D eigenvalue weighted by Crippen LogP contribution is 2.29. The van der Waals surface area contributed by atoms with Gasteiger partial charge in [-0.05, 0) is 44.2 Å². The summed E-state index contributed by atoms with van der Waals surface area (Å²) in [5, 5.41) is 3.71. The van der Waals surface area contributed by atoms with Crippen molar-refractivity contribution in [2.45, 2.75) is 57.4 Å². The molecule has 1 saturated carbocycles. The zero-order valence-corrected chi connectivity index (χ0v) is 11.2. The third kappa shape index (κ3) is 3.03. The fraction of sp³-hybridized carbons (Fsp3) is 1.00. The molecule has 0 aromatic rings. The van der Waals surface area contributed by atoms with E-state index in [-0.39, 0.29) is 0 Å². The molecule has 2 unspecified atom stereocenters. The Hall–Kier alpha value is -0.0800. The molecule has 0 aromatic heterocycles. The standard InChI is InChI=1S/C15H28N2/c1-2-5-13(6-3-1)8-10-17-11-14-7-4-9-16-15(14)12-17/h13-16H,1-12H2. The Morgan fingerprint density at radius 2 is 1.82 bits per heavy atom. The Bertz CT molecular complexity index is 221. The van der Waals surface area contributed by atoms with Gasteiger partial charge in [0, 0.05) is 19.1 Å². The Kier molecular flexibility index (Phi) is 4.02. The van der Waals surface area contributed by atoms with Gasteiger partial charge in [-0.2, -0.15) is 0 Å². The number of fused-ring (bicyclic) bond motifs is 1. The first-order chi connectivity index (χ1) is 8.42. The molecule has 0 radical (unpaired) electrons. The van der Waals surface area contributed by atoms with Crippen molar-refractivity contribution in [1.29, 1.82) is 0 Å². The van der Waals surface area contributed by atoms with Gasteiger partial charge in [-0.3, -0.25) is 0 Å². The zero-order chi connectivity index (χ0) is 11.5. The Morgan fingerprint density at radius 1 is 0.941 bits per heavy atom. The summed E-state index contributed by atoms with van der Waals surface area (Å²) in [6, 6.07) is 0.829. The molecule has 0 amide bonds. The van der Waals surface area contributed by atoms with E-state index in [1.165, 1.54) is 77.5 Å². The van der Waals surface area contributed by atoms with E-state index in [1.54, 1.807) is 0 Å². The number of hydrogen-bond donors (Lipinski definition) is 1. The summed E-state index contributed by atoms with van der Waals surface area (Å²) in [5.41, 5.74) is 0. The minimum atomic E-state index is 0.829. The van der Waals surface area contributed by atoms with Gasteiger partial charge >= 0.3 is 0 Å². The average Bonchev–Trinajstić information content (AvgIpc) is 2.80. The summed E-state index contributed by atoms with van der Waals surface area (Å²) in [7, 11) is 0. The summed E-state index contributed by atoms with van der Waals surface area (Å²) in [6.07, 6.45) is 11.9. The van der Waals surface area contributed by atoms with Gasteiger partial charge in [0.2, 0.25) is 0 Å². The molecule has 2 heterocycles. The minimum absolute atomic E-state index is 0.829. The van der Waals surface area contributed by atoms with Crippen LogP contribution in [0.2, 0.25) is 0 Å². The molecule has 1 aliphatic carbocycles. The normalized spacial score (nSPS) is 36.0. The number of rotatable bonds is 3. The summed E-state index contributed by atoms with van der Waals surface area (Å²) < 4.78 is 0. The molecule has 0 aromatic carbocycles. The highest BCUT2D eigenvalue weighted by Gasteiger charge is 2.33. The van der Waals surface area contributed by atoms with Gasteiger partial charge < -0.3 is 10.2 Å². The van der Waals surface area contributed by atoms with E-state index in [4.69, 9.17) is 0 Å². The number of hydrogen-bond acceptors (Lipinski definition) is 2. The number of nitrogens with one attached hydrogen (secondary N) is 1. The molecule has 3 fully saturated rings. The van der Waals surface area contributed by atoms with Crippen molar-refractivity contribution >= 4 is 0 Å². The smallest absolute Gasteiger partial charge is 0.0235 e. The number of likely N-dealkylation sites (tertiary alicyclic amines) is 1. The zero-order valence-electron chi connectivity index (χ0n) is 11.2.